The van der Waals surface area contributed by atoms with Crippen molar-refractivity contribution in [1.82, 2.24) is 10.2 Å². The first-order chi connectivity index (χ1) is 18.9. The number of amides is 2. The fourth-order valence-electron chi connectivity index (χ4n) is 5.30. The Morgan fingerprint density at radius 1 is 0.744 bits per heavy atom. The molecule has 6 heteroatoms. The Kier molecular flexibility index (Phi) is 7.55. The van der Waals surface area contributed by atoms with Crippen LogP contribution in [0.4, 0.5) is 8.78 Å². The summed E-state index contributed by atoms with van der Waals surface area (Å²) in [6.45, 7) is 2.76. The van der Waals surface area contributed by atoms with Gasteiger partial charge in [-0.2, -0.15) is 0 Å². The molecular formula is C33H30F2N2O2. The van der Waals surface area contributed by atoms with E-state index < -0.39 is 5.41 Å². The first-order valence-corrected chi connectivity index (χ1v) is 13.1. The van der Waals surface area contributed by atoms with Crippen molar-refractivity contribution < 1.29 is 18.4 Å². The zero-order valence-electron chi connectivity index (χ0n) is 21.7. The number of carbonyl (C=O) groups is 2. The minimum absolute atomic E-state index is 0.0811. The van der Waals surface area contributed by atoms with Crippen molar-refractivity contribution in [2.45, 2.75) is 31.2 Å². The van der Waals surface area contributed by atoms with Gasteiger partial charge in [-0.15, -0.1) is 0 Å². The second kappa shape index (κ2) is 11.2. The summed E-state index contributed by atoms with van der Waals surface area (Å²) >= 11 is 0. The summed E-state index contributed by atoms with van der Waals surface area (Å²) in [5, 5.41) is 3.14. The number of nitrogens with one attached hydrogen (secondary N) is 1. The van der Waals surface area contributed by atoms with Crippen LogP contribution >= 0.6 is 0 Å². The molecule has 4 aromatic carbocycles. The van der Waals surface area contributed by atoms with Gasteiger partial charge < -0.3 is 10.2 Å². The molecule has 0 unspecified atom stereocenters. The molecule has 198 valence electrons. The topological polar surface area (TPSA) is 49.4 Å². The Bertz CT molecular complexity index is 1430. The lowest BCUT2D eigenvalue weighted by molar-refractivity contribution is -0.129. The number of halogens is 2. The first-order valence-electron chi connectivity index (χ1n) is 13.1. The van der Waals surface area contributed by atoms with Gasteiger partial charge in [0.15, 0.2) is 0 Å². The molecular weight excluding hydrogens is 494 g/mol. The van der Waals surface area contributed by atoms with Crippen molar-refractivity contribution >= 4 is 11.8 Å². The lowest BCUT2D eigenvalue weighted by Crippen LogP contribution is -2.53. The van der Waals surface area contributed by atoms with Crippen molar-refractivity contribution in [2.24, 2.45) is 0 Å². The molecule has 5 rings (SSSR count). The number of hydrogen-bond donors (Lipinski definition) is 1. The molecule has 0 saturated carbocycles. The highest BCUT2D eigenvalue weighted by atomic mass is 19.1. The Hall–Kier alpha value is -4.32. The highest BCUT2D eigenvalue weighted by molar-refractivity contribution is 5.95. The molecule has 1 aliphatic rings. The summed E-state index contributed by atoms with van der Waals surface area (Å²) in [5.41, 5.74) is 3.32. The normalized spacial score (nSPS) is 15.4. The Labute approximate surface area is 227 Å². The molecule has 1 atom stereocenters. The summed E-state index contributed by atoms with van der Waals surface area (Å²) in [6.07, 6.45) is 0.969. The van der Waals surface area contributed by atoms with Gasteiger partial charge in [-0.3, -0.25) is 9.59 Å². The monoisotopic (exact) mass is 524 g/mol. The summed E-state index contributed by atoms with van der Waals surface area (Å²) in [7, 11) is 0. The number of rotatable bonds is 6. The van der Waals surface area contributed by atoms with Crippen molar-refractivity contribution in [3.8, 4) is 11.1 Å². The van der Waals surface area contributed by atoms with E-state index in [1.54, 1.807) is 41.3 Å². The predicted molar refractivity (Wildman–Crippen MR) is 148 cm³/mol. The predicted octanol–water partition coefficient (Wildman–Crippen LogP) is 6.68. The summed E-state index contributed by atoms with van der Waals surface area (Å²) in [5.74, 6) is -0.787. The van der Waals surface area contributed by atoms with E-state index in [-0.39, 0.29) is 29.5 Å². The molecule has 1 N–H and O–H groups in total. The van der Waals surface area contributed by atoms with Crippen LogP contribution in [0.2, 0.25) is 0 Å². The first kappa shape index (κ1) is 26.3. The third kappa shape index (κ3) is 5.60. The van der Waals surface area contributed by atoms with E-state index in [2.05, 4.69) is 5.32 Å². The molecule has 1 saturated heterocycles. The zero-order chi connectivity index (χ0) is 27.4. The van der Waals surface area contributed by atoms with Gasteiger partial charge in [0.2, 0.25) is 5.91 Å². The summed E-state index contributed by atoms with van der Waals surface area (Å²) < 4.78 is 26.6. The molecule has 2 amide bonds. The van der Waals surface area contributed by atoms with Crippen LogP contribution in [-0.4, -0.2) is 29.8 Å². The highest BCUT2D eigenvalue weighted by Gasteiger charge is 2.44. The second-order valence-electron chi connectivity index (χ2n) is 10.1. The van der Waals surface area contributed by atoms with Gasteiger partial charge in [-0.1, -0.05) is 66.7 Å². The van der Waals surface area contributed by atoms with Crippen LogP contribution in [-0.2, 0) is 10.2 Å². The summed E-state index contributed by atoms with van der Waals surface area (Å²) in [4.78, 5) is 28.9. The van der Waals surface area contributed by atoms with Gasteiger partial charge in [-0.25, -0.2) is 8.78 Å². The second-order valence-corrected chi connectivity index (χ2v) is 10.1. The van der Waals surface area contributed by atoms with Crippen LogP contribution in [0.5, 0.6) is 0 Å². The largest absolute Gasteiger partial charge is 0.349 e. The minimum atomic E-state index is -0.779. The Balaban J connectivity index is 1.31. The lowest BCUT2D eigenvalue weighted by Gasteiger charge is -2.41. The number of benzene rings is 4. The van der Waals surface area contributed by atoms with Crippen molar-refractivity contribution in [2.75, 3.05) is 13.1 Å². The fourth-order valence-corrected chi connectivity index (χ4v) is 5.30. The minimum Gasteiger partial charge on any atom is -0.349 e. The number of piperidine rings is 1. The SMILES string of the molecule is C[C@H](NC(=O)C1(c2ccccc2)CCN(C(=O)c2ccc(-c3ccc(F)cc3)cc2)CC1)c1ccc(F)cc1. The summed E-state index contributed by atoms with van der Waals surface area (Å²) in [6, 6.07) is 29.1. The third-order valence-electron chi connectivity index (χ3n) is 7.69. The lowest BCUT2D eigenvalue weighted by atomic mass is 9.71. The van der Waals surface area contributed by atoms with E-state index >= 15 is 0 Å². The Morgan fingerprint density at radius 2 is 1.26 bits per heavy atom. The maximum Gasteiger partial charge on any atom is 0.253 e. The van der Waals surface area contributed by atoms with E-state index in [1.165, 1.54) is 24.3 Å². The maximum absolute atomic E-state index is 13.8. The van der Waals surface area contributed by atoms with Crippen LogP contribution in [0.3, 0.4) is 0 Å². The average molecular weight is 525 g/mol. The molecule has 0 radical (unpaired) electrons. The van der Waals surface area contributed by atoms with Gasteiger partial charge >= 0.3 is 0 Å². The quantitative estimate of drug-likeness (QED) is 0.306. The average Bonchev–Trinajstić information content (AvgIpc) is 2.98. The van der Waals surface area contributed by atoms with Crippen LogP contribution in [0.1, 0.15) is 47.3 Å². The molecule has 4 nitrogen and oxygen atoms in total. The van der Waals surface area contributed by atoms with Gasteiger partial charge in [0.25, 0.3) is 5.91 Å². The van der Waals surface area contributed by atoms with E-state index in [4.69, 9.17) is 0 Å². The molecule has 4 aromatic rings. The van der Waals surface area contributed by atoms with Crippen molar-refractivity contribution in [1.29, 1.82) is 0 Å². The molecule has 0 aliphatic carbocycles. The van der Waals surface area contributed by atoms with Gasteiger partial charge in [0, 0.05) is 18.7 Å². The number of nitrogens with zero attached hydrogens (tertiary/aromatic N) is 1. The van der Waals surface area contributed by atoms with Crippen LogP contribution in [0, 0.1) is 11.6 Å². The Morgan fingerprint density at radius 3 is 1.82 bits per heavy atom. The van der Waals surface area contributed by atoms with Crippen LogP contribution in [0.25, 0.3) is 11.1 Å². The molecule has 1 aliphatic heterocycles. The van der Waals surface area contributed by atoms with E-state index in [9.17, 15) is 18.4 Å². The molecule has 0 aromatic heterocycles. The fraction of sp³-hybridized carbons (Fsp3) is 0.212. The van der Waals surface area contributed by atoms with Gasteiger partial charge in [0.1, 0.15) is 11.6 Å². The van der Waals surface area contributed by atoms with Crippen molar-refractivity contribution in [3.05, 3.63) is 131 Å². The van der Waals surface area contributed by atoms with Gasteiger partial charge in [-0.05, 0) is 78.4 Å². The van der Waals surface area contributed by atoms with E-state index in [1.807, 2.05) is 49.4 Å². The van der Waals surface area contributed by atoms with Crippen LogP contribution < -0.4 is 5.32 Å². The number of carbonyl (C=O) groups excluding carboxylic acids is 2. The smallest absolute Gasteiger partial charge is 0.253 e. The maximum atomic E-state index is 13.8. The number of likely N-dealkylation sites (tertiary alicyclic amines) is 1. The molecule has 1 heterocycles. The third-order valence-corrected chi connectivity index (χ3v) is 7.69. The molecule has 39 heavy (non-hydrogen) atoms. The number of hydrogen-bond acceptors (Lipinski definition) is 2. The van der Waals surface area contributed by atoms with E-state index in [0.717, 1.165) is 22.3 Å². The standard InChI is InChI=1S/C33H30F2N2O2/c1-23(24-11-15-29(34)16-12-24)36-32(39)33(28-5-3-2-4-6-28)19-21-37(22-20-33)31(38)27-9-7-25(8-10-27)26-13-17-30(35)18-14-26/h2-18,23H,19-22H2,1H3,(H,36,39)/t23-/m0/s1. The zero-order valence-corrected chi connectivity index (χ0v) is 21.7. The molecule has 0 spiro atoms. The van der Waals surface area contributed by atoms with Crippen molar-refractivity contribution in [3.63, 3.8) is 0 Å². The van der Waals surface area contributed by atoms with E-state index in [0.29, 0.717) is 31.5 Å². The van der Waals surface area contributed by atoms with Gasteiger partial charge in [0.05, 0.1) is 11.5 Å². The molecule has 0 bridgehead atoms. The highest BCUT2D eigenvalue weighted by Crippen LogP contribution is 2.37. The molecule has 1 fully saturated rings. The van der Waals surface area contributed by atoms with Crippen LogP contribution in [0.15, 0.2) is 103 Å².